The number of piperidine rings is 1. The fraction of sp³-hybridized carbons (Fsp3) is 0.550. The van der Waals surface area contributed by atoms with Crippen molar-refractivity contribution in [1.82, 2.24) is 25.2 Å². The Morgan fingerprint density at radius 3 is 2.93 bits per heavy atom. The summed E-state index contributed by atoms with van der Waals surface area (Å²) in [5, 5.41) is 11.1. The maximum Gasteiger partial charge on any atom is 0.273 e. The summed E-state index contributed by atoms with van der Waals surface area (Å²) in [5.74, 6) is -0.203. The smallest absolute Gasteiger partial charge is 0.273 e. The summed E-state index contributed by atoms with van der Waals surface area (Å²) in [4.78, 5) is 14.9. The molecule has 1 aromatic heterocycles. The first-order valence-corrected chi connectivity index (χ1v) is 9.90. The van der Waals surface area contributed by atoms with Gasteiger partial charge in [0.25, 0.3) is 5.91 Å². The summed E-state index contributed by atoms with van der Waals surface area (Å²) in [6.07, 6.45) is 6.43. The van der Waals surface area contributed by atoms with Gasteiger partial charge >= 0.3 is 0 Å². The van der Waals surface area contributed by atoms with Crippen molar-refractivity contribution in [2.75, 3.05) is 32.8 Å². The molecule has 144 valence electrons. The first-order chi connectivity index (χ1) is 13.3. The van der Waals surface area contributed by atoms with Crippen molar-refractivity contribution in [3.8, 4) is 0 Å². The molecule has 1 N–H and O–H groups in total. The van der Waals surface area contributed by atoms with Crippen LogP contribution in [0.25, 0.3) is 0 Å². The van der Waals surface area contributed by atoms with Crippen LogP contribution in [-0.4, -0.2) is 58.6 Å². The SMILES string of the molecule is O=C(NC[C@H]1OCCc2ccccc21)c1cn(CCN2CCCCC2)nn1. The van der Waals surface area contributed by atoms with E-state index in [2.05, 4.69) is 32.7 Å². The number of likely N-dealkylation sites (tertiary alicyclic amines) is 1. The standard InChI is InChI=1S/C20H27N5O2/c26-20(21-14-19-17-7-3-2-6-16(17)8-13-27-19)18-15-25(23-22-18)12-11-24-9-4-1-5-10-24/h2-3,6-7,15,19H,1,4-5,8-14H2,(H,21,26)/t19-/m1/s1. The van der Waals surface area contributed by atoms with Crippen molar-refractivity contribution in [1.29, 1.82) is 0 Å². The first-order valence-electron chi connectivity index (χ1n) is 9.90. The Morgan fingerprint density at radius 2 is 2.04 bits per heavy atom. The van der Waals surface area contributed by atoms with Crippen LogP contribution in [-0.2, 0) is 17.7 Å². The molecule has 7 heteroatoms. The summed E-state index contributed by atoms with van der Waals surface area (Å²) in [6.45, 7) is 5.16. The number of rotatable bonds is 6. The van der Waals surface area contributed by atoms with Crippen LogP contribution in [0.4, 0.5) is 0 Å². The van der Waals surface area contributed by atoms with Crippen molar-refractivity contribution in [2.45, 2.75) is 38.3 Å². The summed E-state index contributed by atoms with van der Waals surface area (Å²) < 4.78 is 7.60. The Morgan fingerprint density at radius 1 is 1.19 bits per heavy atom. The van der Waals surface area contributed by atoms with E-state index >= 15 is 0 Å². The van der Waals surface area contributed by atoms with Gasteiger partial charge in [0, 0.05) is 13.1 Å². The van der Waals surface area contributed by atoms with Gasteiger partial charge in [-0.1, -0.05) is 35.9 Å². The van der Waals surface area contributed by atoms with Gasteiger partial charge in [0.15, 0.2) is 5.69 Å². The van der Waals surface area contributed by atoms with Crippen LogP contribution in [0.1, 0.15) is 47.0 Å². The van der Waals surface area contributed by atoms with Crippen molar-refractivity contribution < 1.29 is 9.53 Å². The number of nitrogens with one attached hydrogen (secondary N) is 1. The van der Waals surface area contributed by atoms with Gasteiger partial charge in [0.05, 0.1) is 19.3 Å². The predicted molar refractivity (Wildman–Crippen MR) is 101 cm³/mol. The number of nitrogens with zero attached hydrogens (tertiary/aromatic N) is 4. The van der Waals surface area contributed by atoms with E-state index < -0.39 is 0 Å². The molecule has 2 aliphatic rings. The number of aromatic nitrogens is 3. The molecule has 4 rings (SSSR count). The van der Waals surface area contributed by atoms with E-state index in [1.165, 1.54) is 24.8 Å². The second kappa shape index (κ2) is 8.63. The third-order valence-electron chi connectivity index (χ3n) is 5.41. The number of fused-ring (bicyclic) bond motifs is 1. The van der Waals surface area contributed by atoms with Crippen LogP contribution in [0.3, 0.4) is 0 Å². The highest BCUT2D eigenvalue weighted by molar-refractivity contribution is 5.91. The average Bonchev–Trinajstić information content (AvgIpc) is 3.20. The molecule has 7 nitrogen and oxygen atoms in total. The Hall–Kier alpha value is -2.25. The summed E-state index contributed by atoms with van der Waals surface area (Å²) >= 11 is 0. The molecule has 1 aromatic carbocycles. The highest BCUT2D eigenvalue weighted by atomic mass is 16.5. The van der Waals surface area contributed by atoms with Gasteiger partial charge in [0.2, 0.25) is 0 Å². The second-order valence-electron chi connectivity index (χ2n) is 7.29. The van der Waals surface area contributed by atoms with E-state index in [1.54, 1.807) is 10.9 Å². The largest absolute Gasteiger partial charge is 0.371 e. The van der Waals surface area contributed by atoms with E-state index in [0.29, 0.717) is 18.8 Å². The Kier molecular flexibility index (Phi) is 5.79. The highest BCUT2D eigenvalue weighted by Gasteiger charge is 2.22. The number of hydrogen-bond donors (Lipinski definition) is 1. The minimum Gasteiger partial charge on any atom is -0.371 e. The van der Waals surface area contributed by atoms with Gasteiger partial charge in [0.1, 0.15) is 6.10 Å². The lowest BCUT2D eigenvalue weighted by Crippen LogP contribution is -2.32. The zero-order valence-corrected chi connectivity index (χ0v) is 15.6. The summed E-state index contributed by atoms with van der Waals surface area (Å²) in [5.41, 5.74) is 2.82. The monoisotopic (exact) mass is 369 g/mol. The molecule has 3 heterocycles. The van der Waals surface area contributed by atoms with E-state index in [-0.39, 0.29) is 12.0 Å². The predicted octanol–water partition coefficient (Wildman–Crippen LogP) is 1.81. The van der Waals surface area contributed by atoms with Crippen molar-refractivity contribution in [3.05, 3.63) is 47.3 Å². The third kappa shape index (κ3) is 4.54. The molecule has 0 spiro atoms. The molecule has 1 saturated heterocycles. The summed E-state index contributed by atoms with van der Waals surface area (Å²) in [6, 6.07) is 8.25. The Bertz CT molecular complexity index is 769. The number of carbonyl (C=O) groups excluding carboxylic acids is 1. The minimum absolute atomic E-state index is 0.104. The molecule has 2 aliphatic heterocycles. The molecule has 0 radical (unpaired) electrons. The molecular weight excluding hydrogens is 342 g/mol. The van der Waals surface area contributed by atoms with Crippen molar-refractivity contribution in [3.63, 3.8) is 0 Å². The van der Waals surface area contributed by atoms with Crippen molar-refractivity contribution >= 4 is 5.91 Å². The maximum atomic E-state index is 12.4. The molecule has 2 aromatic rings. The number of benzene rings is 1. The molecule has 0 saturated carbocycles. The second-order valence-corrected chi connectivity index (χ2v) is 7.29. The maximum absolute atomic E-state index is 12.4. The van der Waals surface area contributed by atoms with Crippen molar-refractivity contribution in [2.24, 2.45) is 0 Å². The molecule has 27 heavy (non-hydrogen) atoms. The fourth-order valence-corrected chi connectivity index (χ4v) is 3.86. The molecule has 1 fully saturated rings. The number of ether oxygens (including phenoxy) is 1. The lowest BCUT2D eigenvalue weighted by Gasteiger charge is -2.26. The van der Waals surface area contributed by atoms with Gasteiger partial charge in [-0.2, -0.15) is 0 Å². The Balaban J connectivity index is 1.28. The van der Waals surface area contributed by atoms with Crippen LogP contribution in [0.5, 0.6) is 0 Å². The molecule has 1 atom stereocenters. The topological polar surface area (TPSA) is 72.3 Å². The number of hydrogen-bond acceptors (Lipinski definition) is 5. The normalized spacial score (nSPS) is 20.2. The van der Waals surface area contributed by atoms with E-state index in [4.69, 9.17) is 4.74 Å². The van der Waals surface area contributed by atoms with Gasteiger partial charge in [-0.05, 0) is 43.5 Å². The summed E-state index contributed by atoms with van der Waals surface area (Å²) in [7, 11) is 0. The minimum atomic E-state index is -0.203. The molecule has 0 unspecified atom stereocenters. The quantitative estimate of drug-likeness (QED) is 0.841. The van der Waals surface area contributed by atoms with Crippen LogP contribution in [0.15, 0.2) is 30.5 Å². The Labute approximate surface area is 159 Å². The first kappa shape index (κ1) is 18.1. The average molecular weight is 369 g/mol. The lowest BCUT2D eigenvalue weighted by atomic mass is 9.97. The fourth-order valence-electron chi connectivity index (χ4n) is 3.86. The van der Waals surface area contributed by atoms with Gasteiger partial charge < -0.3 is 15.0 Å². The van der Waals surface area contributed by atoms with Gasteiger partial charge in [-0.3, -0.25) is 9.48 Å². The van der Waals surface area contributed by atoms with Crippen LogP contribution >= 0.6 is 0 Å². The zero-order chi connectivity index (χ0) is 18.5. The highest BCUT2D eigenvalue weighted by Crippen LogP contribution is 2.26. The van der Waals surface area contributed by atoms with E-state index in [1.807, 2.05) is 12.1 Å². The third-order valence-corrected chi connectivity index (χ3v) is 5.41. The van der Waals surface area contributed by atoms with E-state index in [9.17, 15) is 4.79 Å². The van der Waals surface area contributed by atoms with E-state index in [0.717, 1.165) is 38.2 Å². The molecule has 0 aliphatic carbocycles. The molecular formula is C20H27N5O2. The number of amides is 1. The zero-order valence-electron chi connectivity index (χ0n) is 15.6. The van der Waals surface area contributed by atoms with Crippen LogP contribution < -0.4 is 5.32 Å². The molecule has 1 amide bonds. The van der Waals surface area contributed by atoms with Crippen LogP contribution in [0.2, 0.25) is 0 Å². The van der Waals surface area contributed by atoms with Crippen LogP contribution in [0, 0.1) is 0 Å². The molecule has 0 bridgehead atoms. The number of carbonyl (C=O) groups is 1. The van der Waals surface area contributed by atoms with Gasteiger partial charge in [-0.25, -0.2) is 0 Å². The lowest BCUT2D eigenvalue weighted by molar-refractivity contribution is 0.0411. The van der Waals surface area contributed by atoms with Gasteiger partial charge in [-0.15, -0.1) is 5.10 Å².